The highest BCUT2D eigenvalue weighted by Crippen LogP contribution is 2.19. The zero-order chi connectivity index (χ0) is 18.0. The number of nitrogens with one attached hydrogen (secondary N) is 1. The van der Waals surface area contributed by atoms with Crippen molar-refractivity contribution in [2.24, 2.45) is 5.92 Å². The zero-order valence-electron chi connectivity index (χ0n) is 14.6. The van der Waals surface area contributed by atoms with Gasteiger partial charge in [0.2, 0.25) is 5.91 Å². The van der Waals surface area contributed by atoms with E-state index in [0.29, 0.717) is 19.6 Å². The molecule has 1 N–H and O–H groups in total. The van der Waals surface area contributed by atoms with Gasteiger partial charge in [-0.1, -0.05) is 5.16 Å². The van der Waals surface area contributed by atoms with E-state index < -0.39 is 0 Å². The van der Waals surface area contributed by atoms with Crippen LogP contribution < -0.4 is 10.9 Å². The van der Waals surface area contributed by atoms with E-state index in [0.717, 1.165) is 22.7 Å². The summed E-state index contributed by atoms with van der Waals surface area (Å²) in [6, 6.07) is 3.25. The first-order chi connectivity index (χ1) is 11.9. The van der Waals surface area contributed by atoms with Crippen LogP contribution in [0.1, 0.15) is 22.7 Å². The van der Waals surface area contributed by atoms with Crippen molar-refractivity contribution in [3.8, 4) is 0 Å². The Kier molecular flexibility index (Phi) is 4.98. The normalized spacial score (nSPS) is 20.0. The highest BCUT2D eigenvalue weighted by Gasteiger charge is 2.30. The van der Waals surface area contributed by atoms with Crippen LogP contribution in [0.3, 0.4) is 0 Å². The summed E-state index contributed by atoms with van der Waals surface area (Å²) < 4.78 is 11.9. The quantitative estimate of drug-likeness (QED) is 0.848. The highest BCUT2D eigenvalue weighted by molar-refractivity contribution is 5.76. The molecule has 2 aromatic rings. The first-order valence-electron chi connectivity index (χ1n) is 8.27. The summed E-state index contributed by atoms with van der Waals surface area (Å²) in [7, 11) is 0. The monoisotopic (exact) mass is 346 g/mol. The van der Waals surface area contributed by atoms with Gasteiger partial charge in [0.25, 0.3) is 5.56 Å². The molecule has 3 heterocycles. The molecule has 1 amide bonds. The van der Waals surface area contributed by atoms with Gasteiger partial charge in [0.05, 0.1) is 30.6 Å². The van der Waals surface area contributed by atoms with E-state index in [2.05, 4.69) is 15.6 Å². The predicted octanol–water partition coefficient (Wildman–Crippen LogP) is 0.530. The smallest absolute Gasteiger partial charge is 0.267 e. The second-order valence-corrected chi connectivity index (χ2v) is 6.52. The molecule has 25 heavy (non-hydrogen) atoms. The fourth-order valence-electron chi connectivity index (χ4n) is 2.91. The van der Waals surface area contributed by atoms with Crippen LogP contribution in [0.2, 0.25) is 0 Å². The minimum Gasteiger partial charge on any atom is -0.379 e. The van der Waals surface area contributed by atoms with Crippen LogP contribution in [0.5, 0.6) is 0 Å². The van der Waals surface area contributed by atoms with E-state index in [9.17, 15) is 9.59 Å². The van der Waals surface area contributed by atoms with Gasteiger partial charge in [0, 0.05) is 24.5 Å². The van der Waals surface area contributed by atoms with Crippen molar-refractivity contribution in [1.29, 1.82) is 0 Å². The maximum atomic E-state index is 12.3. The zero-order valence-corrected chi connectivity index (χ0v) is 14.6. The summed E-state index contributed by atoms with van der Waals surface area (Å²) >= 11 is 0. The first-order valence-corrected chi connectivity index (χ1v) is 8.27. The molecule has 0 radical (unpaired) electrons. The molecule has 1 aliphatic heterocycles. The Bertz CT molecular complexity index is 826. The molecule has 8 heteroatoms. The number of carbonyl (C=O) groups excluding carboxylic acids is 1. The van der Waals surface area contributed by atoms with Gasteiger partial charge in [-0.25, -0.2) is 4.68 Å². The van der Waals surface area contributed by atoms with E-state index in [1.54, 1.807) is 0 Å². The molecule has 2 atom stereocenters. The third-order valence-corrected chi connectivity index (χ3v) is 4.41. The number of aromatic nitrogens is 3. The average Bonchev–Trinajstić information content (AvgIpc) is 3.14. The number of amides is 1. The predicted molar refractivity (Wildman–Crippen MR) is 89.2 cm³/mol. The molecule has 0 spiro atoms. The number of hydrogen-bond acceptors (Lipinski definition) is 6. The SMILES string of the molecule is Cc1cc(C[C@H]2COC[C@H]2NC(=O)Cn2nc(C)c(C)cc2=O)on1. The molecule has 1 saturated heterocycles. The Hall–Kier alpha value is -2.48. The molecular weight excluding hydrogens is 324 g/mol. The summed E-state index contributed by atoms with van der Waals surface area (Å²) in [5, 5.41) is 11.0. The third-order valence-electron chi connectivity index (χ3n) is 4.41. The molecule has 1 aliphatic rings. The highest BCUT2D eigenvalue weighted by atomic mass is 16.5. The van der Waals surface area contributed by atoms with E-state index in [-0.39, 0.29) is 30.0 Å². The van der Waals surface area contributed by atoms with Crippen LogP contribution in [-0.2, 0) is 22.5 Å². The first kappa shape index (κ1) is 17.3. The molecule has 3 rings (SSSR count). The van der Waals surface area contributed by atoms with E-state index in [4.69, 9.17) is 9.26 Å². The molecule has 0 bridgehead atoms. The second-order valence-electron chi connectivity index (χ2n) is 6.52. The summed E-state index contributed by atoms with van der Waals surface area (Å²) in [5.74, 6) is 0.632. The number of ether oxygens (including phenoxy) is 1. The van der Waals surface area contributed by atoms with Crippen LogP contribution in [0, 0.1) is 26.7 Å². The molecule has 0 aromatic carbocycles. The van der Waals surface area contributed by atoms with Crippen LogP contribution >= 0.6 is 0 Å². The number of rotatable bonds is 5. The summed E-state index contributed by atoms with van der Waals surface area (Å²) in [4.78, 5) is 24.3. The van der Waals surface area contributed by atoms with Crippen molar-refractivity contribution in [3.63, 3.8) is 0 Å². The molecule has 2 aromatic heterocycles. The number of aryl methyl sites for hydroxylation is 3. The maximum Gasteiger partial charge on any atom is 0.267 e. The molecular formula is C17H22N4O4. The summed E-state index contributed by atoms with van der Waals surface area (Å²) in [5.41, 5.74) is 2.09. The molecule has 0 unspecified atom stereocenters. The number of nitrogens with zero attached hydrogens (tertiary/aromatic N) is 3. The fourth-order valence-corrected chi connectivity index (χ4v) is 2.91. The topological polar surface area (TPSA) is 99.2 Å². The van der Waals surface area contributed by atoms with E-state index in [1.165, 1.54) is 10.7 Å². The molecule has 0 aliphatic carbocycles. The Balaban J connectivity index is 1.62. The minimum atomic E-state index is -0.283. The average molecular weight is 346 g/mol. The van der Waals surface area contributed by atoms with E-state index >= 15 is 0 Å². The van der Waals surface area contributed by atoms with Gasteiger partial charge >= 0.3 is 0 Å². The Labute approximate surface area is 145 Å². The Morgan fingerprint density at radius 2 is 2.12 bits per heavy atom. The Morgan fingerprint density at radius 3 is 2.84 bits per heavy atom. The molecule has 8 nitrogen and oxygen atoms in total. The van der Waals surface area contributed by atoms with Crippen molar-refractivity contribution < 1.29 is 14.1 Å². The third kappa shape index (κ3) is 4.14. The fraction of sp³-hybridized carbons (Fsp3) is 0.529. The van der Waals surface area contributed by atoms with Crippen LogP contribution in [0.15, 0.2) is 21.5 Å². The van der Waals surface area contributed by atoms with Crippen LogP contribution in [0.4, 0.5) is 0 Å². The largest absolute Gasteiger partial charge is 0.379 e. The van der Waals surface area contributed by atoms with Gasteiger partial charge in [0.1, 0.15) is 12.3 Å². The molecule has 1 fully saturated rings. The van der Waals surface area contributed by atoms with Gasteiger partial charge in [-0.05, 0) is 26.3 Å². The number of carbonyl (C=O) groups is 1. The molecule has 0 saturated carbocycles. The van der Waals surface area contributed by atoms with Crippen molar-refractivity contribution in [2.75, 3.05) is 13.2 Å². The van der Waals surface area contributed by atoms with E-state index in [1.807, 2.05) is 26.8 Å². The lowest BCUT2D eigenvalue weighted by molar-refractivity contribution is -0.122. The van der Waals surface area contributed by atoms with Gasteiger partial charge in [0.15, 0.2) is 0 Å². The van der Waals surface area contributed by atoms with Gasteiger partial charge in [-0.3, -0.25) is 9.59 Å². The second kappa shape index (κ2) is 7.18. The standard InChI is InChI=1S/C17H22N4O4/c1-10-4-17(23)21(19-12(10)3)7-16(22)18-15-9-24-8-13(15)6-14-5-11(2)20-25-14/h4-5,13,15H,6-9H2,1-3H3,(H,18,22)/t13-,15+/m0/s1. The molecule has 134 valence electrons. The van der Waals surface area contributed by atoms with Crippen molar-refractivity contribution in [2.45, 2.75) is 39.8 Å². The number of hydrogen-bond donors (Lipinski definition) is 1. The van der Waals surface area contributed by atoms with Crippen molar-refractivity contribution >= 4 is 5.91 Å². The lowest BCUT2D eigenvalue weighted by Gasteiger charge is -2.18. The van der Waals surface area contributed by atoms with Gasteiger partial charge < -0.3 is 14.6 Å². The van der Waals surface area contributed by atoms with Crippen molar-refractivity contribution in [1.82, 2.24) is 20.3 Å². The lowest BCUT2D eigenvalue weighted by atomic mass is 9.98. The Morgan fingerprint density at radius 1 is 1.32 bits per heavy atom. The van der Waals surface area contributed by atoms with Crippen LogP contribution in [-0.4, -0.2) is 40.1 Å². The summed E-state index contributed by atoms with van der Waals surface area (Å²) in [6.45, 7) is 6.38. The van der Waals surface area contributed by atoms with Crippen molar-refractivity contribution in [3.05, 3.63) is 45.2 Å². The summed E-state index contributed by atoms with van der Waals surface area (Å²) in [6.07, 6.45) is 0.646. The van der Waals surface area contributed by atoms with Gasteiger partial charge in [-0.15, -0.1) is 0 Å². The minimum absolute atomic E-state index is 0.107. The van der Waals surface area contributed by atoms with Crippen LogP contribution in [0.25, 0.3) is 0 Å². The maximum absolute atomic E-state index is 12.3. The lowest BCUT2D eigenvalue weighted by Crippen LogP contribution is -2.43. The van der Waals surface area contributed by atoms with Gasteiger partial charge in [-0.2, -0.15) is 5.10 Å².